The van der Waals surface area contributed by atoms with Crippen molar-refractivity contribution >= 4 is 6.09 Å². The topological polar surface area (TPSA) is 59.6 Å². The van der Waals surface area contributed by atoms with Crippen molar-refractivity contribution < 1.29 is 53.8 Å². The molecule has 0 saturated carbocycles. The molecule has 2 aliphatic heterocycles. The second-order valence-corrected chi connectivity index (χ2v) is 9.03. The average molecular weight is 524 g/mol. The van der Waals surface area contributed by atoms with Crippen molar-refractivity contribution in [3.05, 3.63) is 22.8 Å². The largest absolute Gasteiger partial charge is 0.444 e. The quantitative estimate of drug-likeness (QED) is 0.487. The van der Waals surface area contributed by atoms with Gasteiger partial charge in [-0.25, -0.2) is 4.79 Å². The summed E-state index contributed by atoms with van der Waals surface area (Å²) in [7, 11) is 1.07. The summed E-state index contributed by atoms with van der Waals surface area (Å²) in [5, 5.41) is 5.29. The number of halogens is 9. The molecule has 0 radical (unpaired) electrons. The molecule has 2 N–H and O–H groups in total. The number of carbonyl (C=O) groups is 1. The Labute approximate surface area is 195 Å². The monoisotopic (exact) mass is 524 g/mol. The first-order valence-corrected chi connectivity index (χ1v) is 10.9. The maximum atomic E-state index is 14.2. The number of ether oxygens (including phenoxy) is 2. The summed E-state index contributed by atoms with van der Waals surface area (Å²) >= 11 is 0. The van der Waals surface area contributed by atoms with Gasteiger partial charge in [0, 0.05) is 25.5 Å². The number of carbonyl (C=O) groups excluding carboxylic acids is 1. The molecule has 3 rings (SSSR count). The number of nitrogens with one attached hydrogen (secondary N) is 2. The fourth-order valence-corrected chi connectivity index (χ4v) is 4.98. The first-order chi connectivity index (χ1) is 16.0. The van der Waals surface area contributed by atoms with Crippen LogP contribution in [0.25, 0.3) is 0 Å². The maximum absolute atomic E-state index is 14.2. The van der Waals surface area contributed by atoms with Crippen molar-refractivity contribution in [2.75, 3.05) is 20.2 Å². The summed E-state index contributed by atoms with van der Waals surface area (Å²) in [5.74, 6) is -0.581. The maximum Gasteiger partial charge on any atom is 0.413 e. The molecular formula is C21H25F9N2O3. The molecule has 1 aliphatic carbocycles. The van der Waals surface area contributed by atoms with Gasteiger partial charge in [0.05, 0.1) is 12.1 Å². The van der Waals surface area contributed by atoms with Gasteiger partial charge in [-0.05, 0) is 49.9 Å². The highest BCUT2D eigenvalue weighted by Gasteiger charge is 2.72. The number of alkyl carbamates (subject to hydrolysis) is 1. The molecular weight excluding hydrogens is 499 g/mol. The Kier molecular flexibility index (Phi) is 7.49. The molecule has 2 heterocycles. The second kappa shape index (κ2) is 9.49. The van der Waals surface area contributed by atoms with E-state index >= 15 is 0 Å². The van der Waals surface area contributed by atoms with E-state index in [9.17, 15) is 44.3 Å². The van der Waals surface area contributed by atoms with Gasteiger partial charge in [0.2, 0.25) is 0 Å². The van der Waals surface area contributed by atoms with Crippen LogP contribution in [0.1, 0.15) is 32.6 Å². The number of alkyl halides is 9. The number of hydrogen-bond acceptors (Lipinski definition) is 4. The zero-order valence-electron chi connectivity index (χ0n) is 18.8. The van der Waals surface area contributed by atoms with Crippen molar-refractivity contribution in [1.82, 2.24) is 10.6 Å². The predicted octanol–water partition coefficient (Wildman–Crippen LogP) is 5.19. The second-order valence-electron chi connectivity index (χ2n) is 9.03. The van der Waals surface area contributed by atoms with E-state index in [1.807, 2.05) is 0 Å². The first-order valence-electron chi connectivity index (χ1n) is 10.9. The highest BCUT2D eigenvalue weighted by atomic mass is 19.4. The van der Waals surface area contributed by atoms with E-state index in [2.05, 4.69) is 10.6 Å². The molecule has 0 spiro atoms. The summed E-state index contributed by atoms with van der Waals surface area (Å²) in [4.78, 5) is 11.6. The smallest absolute Gasteiger partial charge is 0.413 e. The van der Waals surface area contributed by atoms with Crippen LogP contribution in [-0.2, 0) is 9.47 Å². The number of piperidine rings is 1. The standard InChI is InChI=1S/C21H25F9N2O3/c1-10-14(35-17(33)32-10)7-12-8-18(20(25,26)27,21(28,29)30)9-13(19(22,23)24)15(12)16(34-2)11-3-5-31-6-4-11/h8,10-11,14,16,31H,3-7,9H2,1-2H3,(H,32,33)/t10-,14+,16?/m0/s1. The lowest BCUT2D eigenvalue weighted by molar-refractivity contribution is -0.323. The number of allylic oxidation sites excluding steroid dienone is 2. The Morgan fingerprint density at radius 2 is 1.66 bits per heavy atom. The van der Waals surface area contributed by atoms with Crippen LogP contribution >= 0.6 is 0 Å². The molecule has 3 atom stereocenters. The van der Waals surface area contributed by atoms with E-state index in [0.717, 1.165) is 7.11 Å². The zero-order valence-corrected chi connectivity index (χ0v) is 18.8. The van der Waals surface area contributed by atoms with E-state index < -0.39 is 83.8 Å². The van der Waals surface area contributed by atoms with E-state index in [1.54, 1.807) is 0 Å². The van der Waals surface area contributed by atoms with Gasteiger partial charge in [0.15, 0.2) is 5.41 Å². The minimum Gasteiger partial charge on any atom is -0.444 e. The van der Waals surface area contributed by atoms with Gasteiger partial charge in [-0.3, -0.25) is 0 Å². The summed E-state index contributed by atoms with van der Waals surface area (Å²) in [6, 6.07) is -0.855. The van der Waals surface area contributed by atoms with E-state index in [-0.39, 0.29) is 6.08 Å². The molecule has 0 aromatic heterocycles. The molecule has 0 aromatic carbocycles. The normalized spacial score (nSPS) is 27.4. The lowest BCUT2D eigenvalue weighted by Crippen LogP contribution is -2.52. The molecule has 3 aliphatic rings. The van der Waals surface area contributed by atoms with Crippen LogP contribution in [0.2, 0.25) is 0 Å². The number of hydrogen-bond donors (Lipinski definition) is 2. The van der Waals surface area contributed by atoms with Crippen molar-refractivity contribution in [3.8, 4) is 0 Å². The van der Waals surface area contributed by atoms with Crippen LogP contribution < -0.4 is 10.6 Å². The summed E-state index contributed by atoms with van der Waals surface area (Å²) in [6.07, 6.45) is -24.0. The van der Waals surface area contributed by atoms with Gasteiger partial charge in [0.1, 0.15) is 6.10 Å². The zero-order chi connectivity index (χ0) is 26.4. The summed E-state index contributed by atoms with van der Waals surface area (Å²) in [6.45, 7) is 2.18. The van der Waals surface area contributed by atoms with Crippen LogP contribution in [0.5, 0.6) is 0 Å². The third-order valence-corrected chi connectivity index (χ3v) is 6.83. The Balaban J connectivity index is 2.25. The highest BCUT2D eigenvalue weighted by molar-refractivity contribution is 5.70. The number of methoxy groups -OCH3 is 1. The fourth-order valence-electron chi connectivity index (χ4n) is 4.98. The predicted molar refractivity (Wildman–Crippen MR) is 104 cm³/mol. The van der Waals surface area contributed by atoms with Gasteiger partial charge in [-0.1, -0.05) is 6.08 Å². The van der Waals surface area contributed by atoms with E-state index in [0.29, 0.717) is 25.9 Å². The van der Waals surface area contributed by atoms with Crippen LogP contribution in [0, 0.1) is 11.3 Å². The lowest BCUT2D eigenvalue weighted by atomic mass is 9.68. The van der Waals surface area contributed by atoms with E-state index in [4.69, 9.17) is 9.47 Å². The van der Waals surface area contributed by atoms with E-state index in [1.165, 1.54) is 6.92 Å². The molecule has 5 nitrogen and oxygen atoms in total. The Morgan fingerprint density at radius 1 is 1.09 bits per heavy atom. The highest BCUT2D eigenvalue weighted by Crippen LogP contribution is 2.60. The van der Waals surface area contributed by atoms with Crippen LogP contribution in [0.4, 0.5) is 44.3 Å². The van der Waals surface area contributed by atoms with Crippen LogP contribution in [0.15, 0.2) is 22.8 Å². The Hall–Kier alpha value is -1.96. The third-order valence-electron chi connectivity index (χ3n) is 6.83. The van der Waals surface area contributed by atoms with Crippen LogP contribution in [-0.4, -0.2) is 63.1 Å². The van der Waals surface area contributed by atoms with Crippen molar-refractivity contribution in [2.45, 2.75) is 69.4 Å². The van der Waals surface area contributed by atoms with Crippen molar-refractivity contribution in [2.24, 2.45) is 11.3 Å². The molecule has 1 unspecified atom stereocenters. The Bertz CT molecular complexity index is 857. The van der Waals surface area contributed by atoms with Crippen molar-refractivity contribution in [1.29, 1.82) is 0 Å². The molecule has 35 heavy (non-hydrogen) atoms. The SMILES string of the molecule is COC(C1=C(C(F)(F)F)CC(C(F)(F)F)(C(F)(F)F)C=C1C[C@H]1OC(=O)N[C@H]1C)C1CCNCC1. The molecule has 2 saturated heterocycles. The van der Waals surface area contributed by atoms with Gasteiger partial charge in [0.25, 0.3) is 0 Å². The Morgan fingerprint density at radius 3 is 2.09 bits per heavy atom. The summed E-state index contributed by atoms with van der Waals surface area (Å²) in [5.41, 5.74) is -8.28. The van der Waals surface area contributed by atoms with Gasteiger partial charge < -0.3 is 20.1 Å². The van der Waals surface area contributed by atoms with Gasteiger partial charge >= 0.3 is 24.6 Å². The molecule has 200 valence electrons. The lowest BCUT2D eigenvalue weighted by Gasteiger charge is -2.43. The molecule has 14 heteroatoms. The molecule has 0 bridgehead atoms. The summed E-state index contributed by atoms with van der Waals surface area (Å²) < 4.78 is 137. The van der Waals surface area contributed by atoms with Gasteiger partial charge in [-0.15, -0.1) is 0 Å². The van der Waals surface area contributed by atoms with Gasteiger partial charge in [-0.2, -0.15) is 39.5 Å². The third kappa shape index (κ3) is 5.27. The minimum atomic E-state index is -6.08. The van der Waals surface area contributed by atoms with Crippen molar-refractivity contribution in [3.63, 3.8) is 0 Å². The number of rotatable bonds is 5. The minimum absolute atomic E-state index is 0.163. The fraction of sp³-hybridized carbons (Fsp3) is 0.762. The molecule has 1 amide bonds. The molecule has 2 fully saturated rings. The van der Waals surface area contributed by atoms with Crippen LogP contribution in [0.3, 0.4) is 0 Å². The first kappa shape index (κ1) is 27.6. The molecule has 0 aromatic rings. The number of cyclic esters (lactones) is 1. The number of amides is 1. The average Bonchev–Trinajstić information content (AvgIpc) is 3.04.